The Bertz CT molecular complexity index is 1020. The van der Waals surface area contributed by atoms with E-state index in [9.17, 15) is 0 Å². The molecule has 0 unspecified atom stereocenters. The quantitative estimate of drug-likeness (QED) is 0.462. The highest BCUT2D eigenvalue weighted by atomic mass is 35.5. The molecule has 0 bridgehead atoms. The largest absolute Gasteiger partial charge is 1.00 e. The van der Waals surface area contributed by atoms with E-state index in [2.05, 4.69) is 40.9 Å². The highest BCUT2D eigenvalue weighted by Crippen LogP contribution is 2.26. The summed E-state index contributed by atoms with van der Waals surface area (Å²) < 4.78 is 2.16. The van der Waals surface area contributed by atoms with Crippen LogP contribution >= 0.6 is 0 Å². The van der Waals surface area contributed by atoms with Gasteiger partial charge in [0.1, 0.15) is 11.0 Å². The Hall–Kier alpha value is -2.57. The standard InChI is InChI=1S/C17H11N3.ClH/c1-20-16-5-3-2-4-12(16)9-14-13-8-11(10-18)6-7-15(13)19-17(14)20;/h2-9H,1H3;1H. The molecule has 21 heavy (non-hydrogen) atoms. The first-order valence-electron chi connectivity index (χ1n) is 6.51. The number of aromatic amines is 1. The van der Waals surface area contributed by atoms with Crippen LogP contribution in [0.4, 0.5) is 0 Å². The number of pyridine rings is 1. The topological polar surface area (TPSA) is 43.5 Å². The van der Waals surface area contributed by atoms with Crippen molar-refractivity contribution in [1.29, 1.82) is 5.26 Å². The van der Waals surface area contributed by atoms with Crippen molar-refractivity contribution in [2.24, 2.45) is 7.05 Å². The van der Waals surface area contributed by atoms with Gasteiger partial charge in [0.15, 0.2) is 0 Å². The number of nitrogens with zero attached hydrogens (tertiary/aromatic N) is 2. The van der Waals surface area contributed by atoms with Gasteiger partial charge in [-0.1, -0.05) is 18.2 Å². The highest BCUT2D eigenvalue weighted by Gasteiger charge is 2.15. The number of rotatable bonds is 0. The SMILES string of the molecule is C[n+]1c2ccccc2cc2c3cc(C#N)ccc3[nH]c21.[Cl-]. The van der Waals surface area contributed by atoms with E-state index in [0.29, 0.717) is 5.56 Å². The molecule has 0 radical (unpaired) electrons. The van der Waals surface area contributed by atoms with E-state index in [4.69, 9.17) is 5.26 Å². The average Bonchev–Trinajstić information content (AvgIpc) is 2.86. The number of nitrogens with one attached hydrogen (secondary N) is 1. The molecule has 0 aliphatic carbocycles. The fraction of sp³-hybridized carbons (Fsp3) is 0.0588. The lowest BCUT2D eigenvalue weighted by Gasteiger charge is -2.00. The molecule has 0 spiro atoms. The summed E-state index contributed by atoms with van der Waals surface area (Å²) in [4.78, 5) is 3.44. The van der Waals surface area contributed by atoms with Crippen LogP contribution in [-0.2, 0) is 7.05 Å². The van der Waals surface area contributed by atoms with Crippen molar-refractivity contribution in [3.05, 3.63) is 54.1 Å². The highest BCUT2D eigenvalue weighted by molar-refractivity contribution is 6.07. The molecule has 4 heteroatoms. The molecule has 2 aromatic heterocycles. The zero-order valence-corrected chi connectivity index (χ0v) is 12.1. The van der Waals surface area contributed by atoms with Crippen molar-refractivity contribution in [3.63, 3.8) is 0 Å². The molecule has 2 aromatic carbocycles. The lowest BCUT2D eigenvalue weighted by molar-refractivity contribution is -0.619. The van der Waals surface area contributed by atoms with Crippen LogP contribution in [0.3, 0.4) is 0 Å². The predicted octanol–water partition coefficient (Wildman–Crippen LogP) is 0.174. The van der Waals surface area contributed by atoms with E-state index >= 15 is 0 Å². The van der Waals surface area contributed by atoms with Gasteiger partial charge in [0.2, 0.25) is 0 Å². The number of nitriles is 1. The van der Waals surface area contributed by atoms with E-state index < -0.39 is 0 Å². The Morgan fingerprint density at radius 3 is 2.67 bits per heavy atom. The molecule has 0 aliphatic rings. The first-order chi connectivity index (χ1) is 9.78. The number of para-hydroxylation sites is 1. The van der Waals surface area contributed by atoms with Gasteiger partial charge in [0, 0.05) is 10.8 Å². The van der Waals surface area contributed by atoms with E-state index in [1.807, 2.05) is 30.3 Å². The Kier molecular flexibility index (Phi) is 3.04. The summed E-state index contributed by atoms with van der Waals surface area (Å²) in [6, 6.07) is 18.5. The van der Waals surface area contributed by atoms with E-state index in [1.54, 1.807) is 0 Å². The van der Waals surface area contributed by atoms with Crippen LogP contribution in [0.1, 0.15) is 5.56 Å². The molecule has 2 heterocycles. The third kappa shape index (κ3) is 1.84. The van der Waals surface area contributed by atoms with E-state index in [-0.39, 0.29) is 12.4 Å². The monoisotopic (exact) mass is 293 g/mol. The Morgan fingerprint density at radius 1 is 1.05 bits per heavy atom. The van der Waals surface area contributed by atoms with Crippen molar-refractivity contribution < 1.29 is 17.0 Å². The van der Waals surface area contributed by atoms with Crippen molar-refractivity contribution >= 4 is 32.8 Å². The molecule has 0 saturated carbocycles. The normalized spacial score (nSPS) is 10.7. The molecule has 0 atom stereocenters. The van der Waals surface area contributed by atoms with Gasteiger partial charge >= 0.3 is 0 Å². The second-order valence-corrected chi connectivity index (χ2v) is 5.02. The molecular weight excluding hydrogens is 282 g/mol. The summed E-state index contributed by atoms with van der Waals surface area (Å²) >= 11 is 0. The predicted molar refractivity (Wildman–Crippen MR) is 79.2 cm³/mol. The number of benzene rings is 2. The summed E-state index contributed by atoms with van der Waals surface area (Å²) in [6.45, 7) is 0. The number of fused-ring (bicyclic) bond motifs is 4. The Labute approximate surface area is 127 Å². The summed E-state index contributed by atoms with van der Waals surface area (Å²) in [5, 5.41) is 12.5. The minimum absolute atomic E-state index is 0. The van der Waals surface area contributed by atoms with Crippen molar-refractivity contribution in [2.45, 2.75) is 0 Å². The first kappa shape index (κ1) is 13.4. The van der Waals surface area contributed by atoms with E-state index in [0.717, 1.165) is 21.9 Å². The van der Waals surface area contributed by atoms with Gasteiger partial charge in [0.25, 0.3) is 5.65 Å². The van der Waals surface area contributed by atoms with Crippen LogP contribution in [0.15, 0.2) is 48.5 Å². The molecule has 1 N–H and O–H groups in total. The van der Waals surface area contributed by atoms with Crippen LogP contribution in [0, 0.1) is 11.3 Å². The fourth-order valence-corrected chi connectivity index (χ4v) is 2.87. The molecule has 102 valence electrons. The number of aromatic nitrogens is 2. The number of H-pyrrole nitrogens is 1. The number of hydrogen-bond acceptors (Lipinski definition) is 1. The lowest BCUT2D eigenvalue weighted by Crippen LogP contribution is -3.00. The summed E-state index contributed by atoms with van der Waals surface area (Å²) in [5.41, 5.74) is 4.01. The maximum atomic E-state index is 9.07. The van der Waals surface area contributed by atoms with Gasteiger partial charge in [-0.05, 0) is 30.3 Å². The minimum atomic E-state index is 0. The van der Waals surface area contributed by atoms with Gasteiger partial charge < -0.3 is 12.4 Å². The van der Waals surface area contributed by atoms with Crippen LogP contribution in [0.2, 0.25) is 0 Å². The second kappa shape index (κ2) is 4.76. The number of halogens is 1. The number of hydrogen-bond donors (Lipinski definition) is 1. The second-order valence-electron chi connectivity index (χ2n) is 5.02. The van der Waals surface area contributed by atoms with Crippen molar-refractivity contribution in [2.75, 3.05) is 0 Å². The number of aryl methyl sites for hydroxylation is 1. The Morgan fingerprint density at radius 2 is 1.86 bits per heavy atom. The third-order valence-corrected chi connectivity index (χ3v) is 3.88. The maximum Gasteiger partial charge on any atom is 0.287 e. The van der Waals surface area contributed by atoms with Gasteiger partial charge in [-0.25, -0.2) is 9.55 Å². The molecular formula is C17H12ClN3. The lowest BCUT2D eigenvalue weighted by atomic mass is 10.1. The maximum absolute atomic E-state index is 9.07. The molecule has 4 rings (SSSR count). The van der Waals surface area contributed by atoms with Gasteiger partial charge in [-0.2, -0.15) is 5.26 Å². The molecule has 4 aromatic rings. The fourth-order valence-electron chi connectivity index (χ4n) is 2.87. The van der Waals surface area contributed by atoms with Crippen molar-refractivity contribution in [3.8, 4) is 6.07 Å². The third-order valence-electron chi connectivity index (χ3n) is 3.88. The van der Waals surface area contributed by atoms with Gasteiger partial charge in [-0.15, -0.1) is 0 Å². The molecule has 0 saturated heterocycles. The van der Waals surface area contributed by atoms with Gasteiger partial charge in [0.05, 0.1) is 24.1 Å². The first-order valence-corrected chi connectivity index (χ1v) is 6.51. The Balaban J connectivity index is 0.00000132. The molecule has 0 fully saturated rings. The van der Waals surface area contributed by atoms with Crippen LogP contribution in [0.5, 0.6) is 0 Å². The molecule has 0 amide bonds. The van der Waals surface area contributed by atoms with Crippen molar-refractivity contribution in [1.82, 2.24) is 4.98 Å². The summed E-state index contributed by atoms with van der Waals surface area (Å²) in [7, 11) is 2.06. The van der Waals surface area contributed by atoms with Crippen LogP contribution < -0.4 is 17.0 Å². The smallest absolute Gasteiger partial charge is 0.287 e. The summed E-state index contributed by atoms with van der Waals surface area (Å²) in [5.74, 6) is 0. The summed E-state index contributed by atoms with van der Waals surface area (Å²) in [6.07, 6.45) is 0. The van der Waals surface area contributed by atoms with Crippen LogP contribution in [-0.4, -0.2) is 4.98 Å². The van der Waals surface area contributed by atoms with Crippen LogP contribution in [0.25, 0.3) is 32.8 Å². The zero-order valence-electron chi connectivity index (χ0n) is 11.4. The van der Waals surface area contributed by atoms with Gasteiger partial charge in [-0.3, -0.25) is 0 Å². The average molecular weight is 294 g/mol. The molecule has 0 aliphatic heterocycles. The molecule has 3 nitrogen and oxygen atoms in total. The minimum Gasteiger partial charge on any atom is -1.00 e. The van der Waals surface area contributed by atoms with E-state index in [1.165, 1.54) is 10.9 Å². The zero-order chi connectivity index (χ0) is 13.7.